The molecule has 2 aliphatic heterocycles. The van der Waals surface area contributed by atoms with Gasteiger partial charge < -0.3 is 4.74 Å². The van der Waals surface area contributed by atoms with E-state index >= 15 is 0 Å². The standard InChI is InChI=1S/C13H18N2O5S2/c16-21(17)9-1-6-15(21)7-5-14-22(18,19)12-3-2-11-4-8-20-13(11)10-12/h2-3,10,14H,1,4-9H2. The number of nitrogens with zero attached hydrogens (tertiary/aromatic N) is 1. The lowest BCUT2D eigenvalue weighted by Crippen LogP contribution is -2.35. The number of hydrogen-bond donors (Lipinski definition) is 1. The van der Waals surface area contributed by atoms with Gasteiger partial charge in [-0.1, -0.05) is 6.07 Å². The van der Waals surface area contributed by atoms with Crippen LogP contribution in [0.2, 0.25) is 0 Å². The van der Waals surface area contributed by atoms with Crippen LogP contribution in [0.5, 0.6) is 5.75 Å². The Bertz CT molecular complexity index is 774. The number of sulfonamides is 2. The van der Waals surface area contributed by atoms with E-state index in [0.29, 0.717) is 25.3 Å². The summed E-state index contributed by atoms with van der Waals surface area (Å²) in [4.78, 5) is 0.137. The van der Waals surface area contributed by atoms with E-state index in [1.54, 1.807) is 12.1 Å². The van der Waals surface area contributed by atoms with Gasteiger partial charge >= 0.3 is 0 Å². The zero-order valence-corrected chi connectivity index (χ0v) is 13.6. The number of hydrogen-bond acceptors (Lipinski definition) is 5. The highest BCUT2D eigenvalue weighted by Gasteiger charge is 2.28. The monoisotopic (exact) mass is 346 g/mol. The van der Waals surface area contributed by atoms with Crippen molar-refractivity contribution in [3.05, 3.63) is 23.8 Å². The molecule has 0 bridgehead atoms. The van der Waals surface area contributed by atoms with E-state index in [1.165, 1.54) is 10.4 Å². The van der Waals surface area contributed by atoms with E-state index in [0.717, 1.165) is 12.0 Å². The maximum atomic E-state index is 12.2. The predicted octanol–water partition coefficient (Wildman–Crippen LogP) is -0.0647. The first kappa shape index (κ1) is 15.7. The number of ether oxygens (including phenoxy) is 1. The second-order valence-corrected chi connectivity index (χ2v) is 9.19. The lowest BCUT2D eigenvalue weighted by atomic mass is 10.2. The highest BCUT2D eigenvalue weighted by atomic mass is 32.2. The fourth-order valence-corrected chi connectivity index (χ4v) is 5.21. The predicted molar refractivity (Wildman–Crippen MR) is 80.8 cm³/mol. The molecule has 1 aromatic rings. The third kappa shape index (κ3) is 3.12. The van der Waals surface area contributed by atoms with Gasteiger partial charge in [0.2, 0.25) is 20.0 Å². The van der Waals surface area contributed by atoms with Crippen molar-refractivity contribution in [1.82, 2.24) is 9.03 Å². The molecule has 1 fully saturated rings. The molecule has 0 aromatic heterocycles. The van der Waals surface area contributed by atoms with Crippen molar-refractivity contribution in [2.45, 2.75) is 17.7 Å². The summed E-state index contributed by atoms with van der Waals surface area (Å²) in [5, 5.41) is 0. The van der Waals surface area contributed by atoms with Gasteiger partial charge in [-0.3, -0.25) is 0 Å². The summed E-state index contributed by atoms with van der Waals surface area (Å²) in [6.45, 7) is 1.23. The van der Waals surface area contributed by atoms with E-state index in [9.17, 15) is 16.8 Å². The Labute approximate surface area is 130 Å². The molecule has 122 valence electrons. The van der Waals surface area contributed by atoms with Crippen LogP contribution < -0.4 is 9.46 Å². The largest absolute Gasteiger partial charge is 0.493 e. The molecular formula is C13H18N2O5S2. The first-order chi connectivity index (χ1) is 10.4. The van der Waals surface area contributed by atoms with Crippen LogP contribution in [-0.2, 0) is 26.5 Å². The first-order valence-electron chi connectivity index (χ1n) is 7.12. The molecule has 0 amide bonds. The fraction of sp³-hybridized carbons (Fsp3) is 0.538. The Morgan fingerprint density at radius 1 is 1.32 bits per heavy atom. The molecule has 0 unspecified atom stereocenters. The topological polar surface area (TPSA) is 92.8 Å². The summed E-state index contributed by atoms with van der Waals surface area (Å²) < 4.78 is 56.9. The molecule has 3 rings (SSSR count). The highest BCUT2D eigenvalue weighted by molar-refractivity contribution is 7.89. The van der Waals surface area contributed by atoms with Crippen molar-refractivity contribution >= 4 is 20.0 Å². The number of rotatable bonds is 5. The minimum atomic E-state index is -3.66. The fourth-order valence-electron chi connectivity index (χ4n) is 2.64. The summed E-state index contributed by atoms with van der Waals surface area (Å²) in [6, 6.07) is 4.81. The number of fused-ring (bicyclic) bond motifs is 1. The minimum absolute atomic E-state index is 0.0551. The Balaban J connectivity index is 1.64. The molecular weight excluding hydrogens is 328 g/mol. The van der Waals surface area contributed by atoms with Crippen LogP contribution in [-0.4, -0.2) is 53.1 Å². The molecule has 2 aliphatic rings. The van der Waals surface area contributed by atoms with Crippen LogP contribution in [0.1, 0.15) is 12.0 Å². The van der Waals surface area contributed by atoms with Gasteiger partial charge in [-0.05, 0) is 18.1 Å². The maximum Gasteiger partial charge on any atom is 0.240 e. The summed E-state index contributed by atoms with van der Waals surface area (Å²) in [7, 11) is -6.86. The van der Waals surface area contributed by atoms with Crippen molar-refractivity contribution < 1.29 is 21.6 Å². The van der Waals surface area contributed by atoms with Gasteiger partial charge in [-0.2, -0.15) is 0 Å². The van der Waals surface area contributed by atoms with Gasteiger partial charge in [0.05, 0.1) is 17.3 Å². The maximum absolute atomic E-state index is 12.2. The molecule has 0 aliphatic carbocycles. The second kappa shape index (κ2) is 5.80. The zero-order valence-electron chi connectivity index (χ0n) is 12.0. The summed E-state index contributed by atoms with van der Waals surface area (Å²) in [6.07, 6.45) is 1.38. The Hall–Kier alpha value is -1.16. The molecule has 0 spiro atoms. The minimum Gasteiger partial charge on any atom is -0.493 e. The van der Waals surface area contributed by atoms with Crippen LogP contribution in [0.3, 0.4) is 0 Å². The summed E-state index contributed by atoms with van der Waals surface area (Å²) in [5.74, 6) is 0.743. The molecule has 0 saturated carbocycles. The number of nitrogens with one attached hydrogen (secondary N) is 1. The quantitative estimate of drug-likeness (QED) is 0.806. The van der Waals surface area contributed by atoms with Crippen molar-refractivity contribution in [3.63, 3.8) is 0 Å². The molecule has 1 saturated heterocycles. The average molecular weight is 346 g/mol. The third-order valence-corrected chi connectivity index (χ3v) is 7.25. The lowest BCUT2D eigenvalue weighted by Gasteiger charge is -2.14. The van der Waals surface area contributed by atoms with Crippen molar-refractivity contribution in [3.8, 4) is 5.75 Å². The van der Waals surface area contributed by atoms with Crippen molar-refractivity contribution in [2.75, 3.05) is 32.0 Å². The summed E-state index contributed by atoms with van der Waals surface area (Å²) >= 11 is 0. The van der Waals surface area contributed by atoms with Gasteiger partial charge in [-0.25, -0.2) is 25.9 Å². The molecule has 7 nitrogen and oxygen atoms in total. The van der Waals surface area contributed by atoms with Crippen molar-refractivity contribution in [1.29, 1.82) is 0 Å². The van der Waals surface area contributed by atoms with Crippen LogP contribution in [0.4, 0.5) is 0 Å². The van der Waals surface area contributed by atoms with Gasteiger partial charge in [0, 0.05) is 32.1 Å². The average Bonchev–Trinajstić information content (AvgIpc) is 3.04. The van der Waals surface area contributed by atoms with E-state index in [-0.39, 0.29) is 23.7 Å². The van der Waals surface area contributed by atoms with Gasteiger partial charge in [0.25, 0.3) is 0 Å². The van der Waals surface area contributed by atoms with Gasteiger partial charge in [0.1, 0.15) is 5.75 Å². The highest BCUT2D eigenvalue weighted by Crippen LogP contribution is 2.27. The van der Waals surface area contributed by atoms with E-state index in [1.807, 2.05) is 0 Å². The molecule has 1 aromatic carbocycles. The van der Waals surface area contributed by atoms with Gasteiger partial charge in [0.15, 0.2) is 0 Å². The Morgan fingerprint density at radius 2 is 2.14 bits per heavy atom. The van der Waals surface area contributed by atoms with E-state index in [4.69, 9.17) is 4.74 Å². The molecule has 2 heterocycles. The Morgan fingerprint density at radius 3 is 2.86 bits per heavy atom. The van der Waals surface area contributed by atoms with Crippen LogP contribution in [0.25, 0.3) is 0 Å². The van der Waals surface area contributed by atoms with Gasteiger partial charge in [-0.15, -0.1) is 0 Å². The zero-order chi connectivity index (χ0) is 15.8. The molecule has 22 heavy (non-hydrogen) atoms. The molecule has 1 N–H and O–H groups in total. The van der Waals surface area contributed by atoms with Crippen molar-refractivity contribution in [2.24, 2.45) is 0 Å². The SMILES string of the molecule is O=S(=O)(NCCN1CCCS1(=O)=O)c1ccc2c(c1)OCC2. The van der Waals surface area contributed by atoms with E-state index in [2.05, 4.69) is 4.72 Å². The first-order valence-corrected chi connectivity index (χ1v) is 10.2. The van der Waals surface area contributed by atoms with Crippen LogP contribution >= 0.6 is 0 Å². The van der Waals surface area contributed by atoms with Crippen LogP contribution in [0.15, 0.2) is 23.1 Å². The van der Waals surface area contributed by atoms with E-state index < -0.39 is 20.0 Å². The summed E-state index contributed by atoms with van der Waals surface area (Å²) in [5.41, 5.74) is 1.00. The molecule has 9 heteroatoms. The smallest absolute Gasteiger partial charge is 0.240 e. The molecule has 0 radical (unpaired) electrons. The Kier molecular flexibility index (Phi) is 4.15. The molecule has 0 atom stereocenters. The van der Waals surface area contributed by atoms with Crippen LogP contribution in [0, 0.1) is 0 Å². The second-order valence-electron chi connectivity index (χ2n) is 5.33. The lowest BCUT2D eigenvalue weighted by molar-refractivity contribution is 0.356. The normalized spacial score (nSPS) is 20.7. The third-order valence-electron chi connectivity index (χ3n) is 3.83. The number of benzene rings is 1.